The molecular weight excluding hydrogens is 436 g/mol. The van der Waals surface area contributed by atoms with Gasteiger partial charge in [-0.15, -0.1) is 0 Å². The number of nitrogens with one attached hydrogen (secondary N) is 3. The lowest BCUT2D eigenvalue weighted by Gasteiger charge is -2.18. The number of nitrogens with zero attached hydrogens (tertiary/aromatic N) is 1. The Hall–Kier alpha value is -4.32. The molecule has 0 aliphatic rings. The first-order valence-corrected chi connectivity index (χ1v) is 11.8. The molecule has 2 aromatic heterocycles. The van der Waals surface area contributed by atoms with E-state index in [2.05, 4.69) is 27.4 Å². The van der Waals surface area contributed by atoms with Crippen LogP contribution in [0.2, 0.25) is 0 Å². The molecule has 0 saturated carbocycles. The summed E-state index contributed by atoms with van der Waals surface area (Å²) in [5, 5.41) is 5.27. The number of para-hydroxylation sites is 2. The van der Waals surface area contributed by atoms with E-state index in [9.17, 15) is 9.59 Å². The van der Waals surface area contributed by atoms with Gasteiger partial charge in [0, 0.05) is 65.5 Å². The zero-order chi connectivity index (χ0) is 24.2. The first kappa shape index (κ1) is 22.5. The van der Waals surface area contributed by atoms with Crippen molar-refractivity contribution in [1.82, 2.24) is 9.97 Å². The Balaban J connectivity index is 1.17. The van der Waals surface area contributed by atoms with Crippen molar-refractivity contribution in [3.05, 3.63) is 96.3 Å². The number of hydrogen-bond acceptors (Lipinski definition) is 2. The Labute approximate surface area is 204 Å². The summed E-state index contributed by atoms with van der Waals surface area (Å²) in [7, 11) is 1.77. The normalized spacial score (nSPS) is 11.1. The topological polar surface area (TPSA) is 81.0 Å². The van der Waals surface area contributed by atoms with Crippen molar-refractivity contribution in [3.63, 3.8) is 0 Å². The molecule has 0 aliphatic heterocycles. The third-order valence-electron chi connectivity index (χ3n) is 6.47. The number of amides is 2. The Morgan fingerprint density at radius 1 is 0.771 bits per heavy atom. The number of fused-ring (bicyclic) bond motifs is 2. The molecule has 0 unspecified atom stereocenters. The second-order valence-corrected chi connectivity index (χ2v) is 8.77. The van der Waals surface area contributed by atoms with Crippen LogP contribution in [0.15, 0.2) is 85.2 Å². The van der Waals surface area contributed by atoms with Gasteiger partial charge in [-0.25, -0.2) is 0 Å². The molecule has 0 bridgehead atoms. The largest absolute Gasteiger partial charge is 0.361 e. The van der Waals surface area contributed by atoms with Crippen LogP contribution in [0.4, 0.5) is 11.4 Å². The van der Waals surface area contributed by atoms with Gasteiger partial charge in [0.1, 0.15) is 0 Å². The Morgan fingerprint density at radius 3 is 2.03 bits per heavy atom. The summed E-state index contributed by atoms with van der Waals surface area (Å²) in [6, 6.07) is 23.6. The first-order chi connectivity index (χ1) is 17.1. The zero-order valence-corrected chi connectivity index (χ0v) is 19.7. The molecule has 5 rings (SSSR count). The van der Waals surface area contributed by atoms with Crippen molar-refractivity contribution in [3.8, 4) is 0 Å². The highest BCUT2D eigenvalue weighted by molar-refractivity contribution is 5.96. The van der Waals surface area contributed by atoms with Gasteiger partial charge in [0.25, 0.3) is 0 Å². The van der Waals surface area contributed by atoms with Gasteiger partial charge >= 0.3 is 0 Å². The van der Waals surface area contributed by atoms with Crippen molar-refractivity contribution >= 4 is 45.0 Å². The molecule has 176 valence electrons. The number of carbonyl (C=O) groups is 2. The second-order valence-electron chi connectivity index (χ2n) is 8.77. The maximum absolute atomic E-state index is 12.9. The van der Waals surface area contributed by atoms with Crippen molar-refractivity contribution in [2.24, 2.45) is 0 Å². The van der Waals surface area contributed by atoms with Crippen LogP contribution in [0.3, 0.4) is 0 Å². The van der Waals surface area contributed by atoms with E-state index in [1.165, 1.54) is 0 Å². The molecule has 5 aromatic rings. The molecule has 0 atom stereocenters. The van der Waals surface area contributed by atoms with E-state index < -0.39 is 0 Å². The third kappa shape index (κ3) is 4.96. The SMILES string of the molecule is CN(C(=O)CCc1c[nH]c2ccccc12)c1cccc(NC(=O)CCc2c[nH]c3ccccc23)c1. The van der Waals surface area contributed by atoms with Crippen LogP contribution in [-0.2, 0) is 22.4 Å². The van der Waals surface area contributed by atoms with Crippen molar-refractivity contribution in [2.45, 2.75) is 25.7 Å². The van der Waals surface area contributed by atoms with Crippen LogP contribution in [0.5, 0.6) is 0 Å². The summed E-state index contributed by atoms with van der Waals surface area (Å²) in [6.45, 7) is 0. The molecular formula is C29H28N4O2. The minimum atomic E-state index is -0.0549. The molecule has 6 heteroatoms. The molecule has 35 heavy (non-hydrogen) atoms. The highest BCUT2D eigenvalue weighted by Crippen LogP contribution is 2.23. The monoisotopic (exact) mass is 464 g/mol. The number of benzene rings is 3. The van der Waals surface area contributed by atoms with Gasteiger partial charge < -0.3 is 20.2 Å². The van der Waals surface area contributed by atoms with Crippen LogP contribution in [0.1, 0.15) is 24.0 Å². The number of H-pyrrole nitrogens is 2. The predicted molar refractivity (Wildman–Crippen MR) is 142 cm³/mol. The summed E-state index contributed by atoms with van der Waals surface area (Å²) >= 11 is 0. The van der Waals surface area contributed by atoms with Crippen LogP contribution < -0.4 is 10.2 Å². The molecule has 6 nitrogen and oxygen atoms in total. The lowest BCUT2D eigenvalue weighted by Crippen LogP contribution is -2.26. The zero-order valence-electron chi connectivity index (χ0n) is 19.7. The van der Waals surface area contributed by atoms with E-state index in [0.29, 0.717) is 31.4 Å². The Morgan fingerprint density at radius 2 is 1.37 bits per heavy atom. The van der Waals surface area contributed by atoms with Gasteiger partial charge in [0.05, 0.1) is 0 Å². The predicted octanol–water partition coefficient (Wildman–Crippen LogP) is 5.82. The fourth-order valence-corrected chi connectivity index (χ4v) is 4.49. The third-order valence-corrected chi connectivity index (χ3v) is 6.47. The molecule has 2 amide bonds. The fourth-order valence-electron chi connectivity index (χ4n) is 4.49. The summed E-state index contributed by atoms with van der Waals surface area (Å²) < 4.78 is 0. The highest BCUT2D eigenvalue weighted by Gasteiger charge is 2.14. The average Bonchev–Trinajstić information content (AvgIpc) is 3.50. The molecule has 0 fully saturated rings. The maximum Gasteiger partial charge on any atom is 0.227 e. The Bertz CT molecular complexity index is 1500. The van der Waals surface area contributed by atoms with Gasteiger partial charge in [-0.1, -0.05) is 42.5 Å². The fraction of sp³-hybridized carbons (Fsp3) is 0.172. The van der Waals surface area contributed by atoms with E-state index in [-0.39, 0.29) is 11.8 Å². The maximum atomic E-state index is 12.9. The quantitative estimate of drug-likeness (QED) is 0.271. The van der Waals surface area contributed by atoms with E-state index in [1.54, 1.807) is 11.9 Å². The number of hydrogen-bond donors (Lipinski definition) is 3. The van der Waals surface area contributed by atoms with Gasteiger partial charge in [-0.05, 0) is 54.3 Å². The van der Waals surface area contributed by atoms with Crippen molar-refractivity contribution in [1.29, 1.82) is 0 Å². The van der Waals surface area contributed by atoms with E-state index >= 15 is 0 Å². The first-order valence-electron chi connectivity index (χ1n) is 11.8. The average molecular weight is 465 g/mol. The van der Waals surface area contributed by atoms with Crippen LogP contribution in [-0.4, -0.2) is 28.8 Å². The standard InChI is InChI=1S/C29H28N4O2/c1-33(29(35)16-14-21-19-31-27-12-5-3-10-25(21)27)23-8-6-7-22(17-23)32-28(34)15-13-20-18-30-26-11-4-2-9-24(20)26/h2-12,17-19,30-31H,13-16H2,1H3,(H,32,34). The van der Waals surface area contributed by atoms with Gasteiger partial charge in [0.15, 0.2) is 0 Å². The minimum Gasteiger partial charge on any atom is -0.361 e. The van der Waals surface area contributed by atoms with Gasteiger partial charge in [-0.3, -0.25) is 9.59 Å². The summed E-state index contributed by atoms with van der Waals surface area (Å²) in [5.74, 6) is -0.0289. The number of carbonyl (C=O) groups excluding carboxylic acids is 2. The molecule has 0 spiro atoms. The smallest absolute Gasteiger partial charge is 0.227 e. The van der Waals surface area contributed by atoms with E-state index in [0.717, 1.165) is 38.6 Å². The Kier molecular flexibility index (Phi) is 6.35. The second kappa shape index (κ2) is 9.89. The van der Waals surface area contributed by atoms with E-state index in [1.807, 2.05) is 73.1 Å². The number of aryl methyl sites for hydroxylation is 2. The highest BCUT2D eigenvalue weighted by atomic mass is 16.2. The number of aromatic amines is 2. The minimum absolute atomic E-state index is 0.0260. The van der Waals surface area contributed by atoms with Crippen molar-refractivity contribution in [2.75, 3.05) is 17.3 Å². The summed E-state index contributed by atoms with van der Waals surface area (Å²) in [6.07, 6.45) is 6.05. The number of rotatable bonds is 8. The van der Waals surface area contributed by atoms with E-state index in [4.69, 9.17) is 0 Å². The molecule has 0 saturated heterocycles. The summed E-state index contributed by atoms with van der Waals surface area (Å²) in [4.78, 5) is 33.6. The molecule has 2 heterocycles. The van der Waals surface area contributed by atoms with Crippen molar-refractivity contribution < 1.29 is 9.59 Å². The lowest BCUT2D eigenvalue weighted by atomic mass is 10.1. The van der Waals surface area contributed by atoms with Gasteiger partial charge in [-0.2, -0.15) is 0 Å². The number of aromatic nitrogens is 2. The lowest BCUT2D eigenvalue weighted by molar-refractivity contribution is -0.118. The molecule has 3 N–H and O–H groups in total. The molecule has 0 radical (unpaired) electrons. The molecule has 0 aliphatic carbocycles. The van der Waals surface area contributed by atoms with Crippen LogP contribution in [0, 0.1) is 0 Å². The van der Waals surface area contributed by atoms with Gasteiger partial charge in [0.2, 0.25) is 11.8 Å². The van der Waals surface area contributed by atoms with Crippen LogP contribution >= 0.6 is 0 Å². The number of anilines is 2. The van der Waals surface area contributed by atoms with Crippen LogP contribution in [0.25, 0.3) is 21.8 Å². The summed E-state index contributed by atoms with van der Waals surface area (Å²) in [5.41, 5.74) is 5.86. The molecule has 3 aromatic carbocycles.